The Hall–Kier alpha value is -1.29. The predicted molar refractivity (Wildman–Crippen MR) is 75.1 cm³/mol. The molecule has 1 aromatic rings. The summed E-state index contributed by atoms with van der Waals surface area (Å²) in [6.45, 7) is 1.44. The number of likely N-dealkylation sites (tertiary alicyclic amines) is 1. The van der Waals surface area contributed by atoms with Crippen LogP contribution in [-0.2, 0) is 0 Å². The Balaban J connectivity index is 2.03. The summed E-state index contributed by atoms with van der Waals surface area (Å²) >= 11 is 5.90. The van der Waals surface area contributed by atoms with Gasteiger partial charge < -0.3 is 10.2 Å². The first-order valence-electron chi connectivity index (χ1n) is 6.68. The molecule has 0 saturated carbocycles. The monoisotopic (exact) mass is 284 g/mol. The van der Waals surface area contributed by atoms with E-state index in [0.717, 1.165) is 38.8 Å². The van der Waals surface area contributed by atoms with Crippen LogP contribution in [-0.4, -0.2) is 24.0 Å². The minimum atomic E-state index is -0.507. The smallest absolute Gasteiger partial charge is 0.321 e. The van der Waals surface area contributed by atoms with Crippen LogP contribution in [0, 0.1) is 5.82 Å². The van der Waals surface area contributed by atoms with Crippen molar-refractivity contribution in [2.75, 3.05) is 18.4 Å². The van der Waals surface area contributed by atoms with E-state index in [1.807, 2.05) is 0 Å². The summed E-state index contributed by atoms with van der Waals surface area (Å²) in [4.78, 5) is 13.9. The largest absolute Gasteiger partial charge is 0.325 e. The Morgan fingerprint density at radius 2 is 1.79 bits per heavy atom. The molecule has 1 aromatic carbocycles. The van der Waals surface area contributed by atoms with Crippen LogP contribution in [0.5, 0.6) is 0 Å². The van der Waals surface area contributed by atoms with Gasteiger partial charge >= 0.3 is 6.03 Å². The number of benzene rings is 1. The molecule has 0 aromatic heterocycles. The molecule has 0 aliphatic carbocycles. The highest BCUT2D eigenvalue weighted by Gasteiger charge is 2.17. The quantitative estimate of drug-likeness (QED) is 0.820. The second-order valence-corrected chi connectivity index (χ2v) is 5.19. The van der Waals surface area contributed by atoms with Crippen molar-refractivity contribution in [3.8, 4) is 0 Å². The molecule has 1 N–H and O–H groups in total. The van der Waals surface area contributed by atoms with Crippen LogP contribution in [0.4, 0.5) is 14.9 Å². The Kier molecular flexibility index (Phi) is 5.02. The van der Waals surface area contributed by atoms with Crippen LogP contribution < -0.4 is 5.32 Å². The van der Waals surface area contributed by atoms with Crippen LogP contribution in [0.3, 0.4) is 0 Å². The van der Waals surface area contributed by atoms with Gasteiger partial charge in [0.05, 0.1) is 10.7 Å². The molecule has 1 heterocycles. The van der Waals surface area contributed by atoms with Gasteiger partial charge in [0, 0.05) is 13.1 Å². The maximum Gasteiger partial charge on any atom is 0.321 e. The minimum absolute atomic E-state index is 0.0660. The number of hydrogen-bond acceptors (Lipinski definition) is 1. The summed E-state index contributed by atoms with van der Waals surface area (Å²) in [7, 11) is 0. The van der Waals surface area contributed by atoms with Crippen molar-refractivity contribution < 1.29 is 9.18 Å². The molecule has 104 valence electrons. The molecule has 5 heteroatoms. The molecule has 19 heavy (non-hydrogen) atoms. The number of nitrogens with zero attached hydrogens (tertiary/aromatic N) is 1. The Morgan fingerprint density at radius 1 is 1.16 bits per heavy atom. The maximum atomic E-state index is 13.6. The Morgan fingerprint density at radius 3 is 2.42 bits per heavy atom. The highest BCUT2D eigenvalue weighted by molar-refractivity contribution is 6.33. The fourth-order valence-electron chi connectivity index (χ4n) is 2.25. The normalized spacial score (nSPS) is 16.6. The highest BCUT2D eigenvalue weighted by atomic mass is 35.5. The summed E-state index contributed by atoms with van der Waals surface area (Å²) in [6, 6.07) is 4.10. The van der Waals surface area contributed by atoms with E-state index >= 15 is 0 Å². The predicted octanol–water partition coefficient (Wildman–Crippen LogP) is 4.28. The van der Waals surface area contributed by atoms with E-state index in [-0.39, 0.29) is 16.7 Å². The number of anilines is 1. The molecule has 0 spiro atoms. The zero-order chi connectivity index (χ0) is 13.7. The third kappa shape index (κ3) is 3.83. The number of nitrogens with one attached hydrogen (secondary N) is 1. The van der Waals surface area contributed by atoms with Gasteiger partial charge in [0.15, 0.2) is 0 Å². The standard InChI is InChI=1S/C14H18ClFN2O/c15-11-7-6-8-12(16)13(11)17-14(19)18-9-4-2-1-3-5-10-18/h6-8H,1-5,9-10H2,(H,17,19). The third-order valence-corrected chi connectivity index (χ3v) is 3.65. The van der Waals surface area contributed by atoms with Gasteiger partial charge in [-0.3, -0.25) is 0 Å². The number of hydrogen-bond donors (Lipinski definition) is 1. The van der Waals surface area contributed by atoms with E-state index in [1.165, 1.54) is 18.6 Å². The lowest BCUT2D eigenvalue weighted by atomic mass is 10.1. The summed E-state index contributed by atoms with van der Waals surface area (Å²) in [5.74, 6) is -0.507. The third-order valence-electron chi connectivity index (χ3n) is 3.34. The second kappa shape index (κ2) is 6.75. The molecule has 0 atom stereocenters. The average molecular weight is 285 g/mol. The van der Waals surface area contributed by atoms with Crippen LogP contribution >= 0.6 is 11.6 Å². The number of para-hydroxylation sites is 1. The first-order chi connectivity index (χ1) is 9.18. The molecular formula is C14H18ClFN2O. The molecule has 1 saturated heterocycles. The van der Waals surface area contributed by atoms with E-state index in [4.69, 9.17) is 11.6 Å². The van der Waals surface area contributed by atoms with Gasteiger partial charge in [-0.2, -0.15) is 0 Å². The Labute approximate surface area is 117 Å². The SMILES string of the molecule is O=C(Nc1c(F)cccc1Cl)N1CCCCCCC1. The molecule has 1 fully saturated rings. The number of rotatable bonds is 1. The number of carbonyl (C=O) groups excluding carboxylic acids is 1. The van der Waals surface area contributed by atoms with Gasteiger partial charge in [0.2, 0.25) is 0 Å². The first-order valence-corrected chi connectivity index (χ1v) is 7.06. The lowest BCUT2D eigenvalue weighted by Crippen LogP contribution is -2.37. The zero-order valence-corrected chi connectivity index (χ0v) is 11.5. The molecule has 0 bridgehead atoms. The second-order valence-electron chi connectivity index (χ2n) is 4.78. The lowest BCUT2D eigenvalue weighted by Gasteiger charge is -2.25. The molecule has 0 unspecified atom stereocenters. The summed E-state index contributed by atoms with van der Waals surface area (Å²) < 4.78 is 13.6. The fraction of sp³-hybridized carbons (Fsp3) is 0.500. The van der Waals surface area contributed by atoms with Crippen LogP contribution in [0.25, 0.3) is 0 Å². The Bertz CT molecular complexity index is 425. The molecule has 1 aliphatic heterocycles. The van der Waals surface area contributed by atoms with E-state index < -0.39 is 5.82 Å². The van der Waals surface area contributed by atoms with E-state index in [0.29, 0.717) is 0 Å². The van der Waals surface area contributed by atoms with E-state index in [2.05, 4.69) is 5.32 Å². The lowest BCUT2D eigenvalue weighted by molar-refractivity contribution is 0.206. The molecular weight excluding hydrogens is 267 g/mol. The van der Waals surface area contributed by atoms with Crippen molar-refractivity contribution in [2.24, 2.45) is 0 Å². The number of urea groups is 1. The molecule has 2 amide bonds. The maximum absolute atomic E-state index is 13.6. The van der Waals surface area contributed by atoms with Gasteiger partial charge in [-0.05, 0) is 25.0 Å². The highest BCUT2D eigenvalue weighted by Crippen LogP contribution is 2.25. The van der Waals surface area contributed by atoms with E-state index in [9.17, 15) is 9.18 Å². The van der Waals surface area contributed by atoms with Gasteiger partial charge in [-0.25, -0.2) is 9.18 Å². The number of halogens is 2. The molecule has 3 nitrogen and oxygen atoms in total. The molecule has 0 radical (unpaired) electrons. The van der Waals surface area contributed by atoms with Crippen molar-refractivity contribution in [2.45, 2.75) is 32.1 Å². The van der Waals surface area contributed by atoms with Crippen molar-refractivity contribution >= 4 is 23.3 Å². The number of carbonyl (C=O) groups is 1. The topological polar surface area (TPSA) is 32.3 Å². The van der Waals surface area contributed by atoms with Gasteiger partial charge in [-0.1, -0.05) is 36.9 Å². The average Bonchev–Trinajstić information content (AvgIpc) is 2.33. The molecule has 1 aliphatic rings. The van der Waals surface area contributed by atoms with Gasteiger partial charge in [-0.15, -0.1) is 0 Å². The minimum Gasteiger partial charge on any atom is -0.325 e. The van der Waals surface area contributed by atoms with Crippen molar-refractivity contribution in [1.29, 1.82) is 0 Å². The van der Waals surface area contributed by atoms with Gasteiger partial charge in [0.1, 0.15) is 5.82 Å². The molecule has 2 rings (SSSR count). The summed E-state index contributed by atoms with van der Waals surface area (Å²) in [5, 5.41) is 2.80. The van der Waals surface area contributed by atoms with Crippen LogP contribution in [0.2, 0.25) is 5.02 Å². The van der Waals surface area contributed by atoms with Crippen molar-refractivity contribution in [3.63, 3.8) is 0 Å². The van der Waals surface area contributed by atoms with Crippen LogP contribution in [0.15, 0.2) is 18.2 Å². The van der Waals surface area contributed by atoms with Crippen molar-refractivity contribution in [3.05, 3.63) is 29.0 Å². The zero-order valence-electron chi connectivity index (χ0n) is 10.8. The van der Waals surface area contributed by atoms with E-state index in [1.54, 1.807) is 11.0 Å². The first kappa shape index (κ1) is 14.1. The fourth-order valence-corrected chi connectivity index (χ4v) is 2.46. The summed E-state index contributed by atoms with van der Waals surface area (Å²) in [6.07, 6.45) is 5.51. The number of amides is 2. The van der Waals surface area contributed by atoms with Crippen molar-refractivity contribution in [1.82, 2.24) is 4.90 Å². The van der Waals surface area contributed by atoms with Gasteiger partial charge in [0.25, 0.3) is 0 Å². The van der Waals surface area contributed by atoms with Crippen LogP contribution in [0.1, 0.15) is 32.1 Å². The summed E-state index contributed by atoms with van der Waals surface area (Å²) in [5.41, 5.74) is 0.0660.